The normalized spacial score (nSPS) is 13.7. The largest absolute Gasteiger partial charge is 0.481 e. The van der Waals surface area contributed by atoms with Crippen LogP contribution in [0.1, 0.15) is 53.4 Å². The highest BCUT2D eigenvalue weighted by atomic mass is 32.2. The summed E-state index contributed by atoms with van der Waals surface area (Å²) in [6.07, 6.45) is 1.09. The van der Waals surface area contributed by atoms with Gasteiger partial charge in [0.05, 0.1) is 17.0 Å². The molecule has 0 radical (unpaired) electrons. The molecule has 1 heterocycles. The van der Waals surface area contributed by atoms with Gasteiger partial charge in [0.15, 0.2) is 0 Å². The first-order valence-corrected chi connectivity index (χ1v) is 11.2. The number of benzene rings is 1. The number of carboxylic acids is 1. The first kappa shape index (κ1) is 25.4. The van der Waals surface area contributed by atoms with Crippen molar-refractivity contribution in [2.45, 2.75) is 58.3 Å². The molecule has 0 saturated heterocycles. The number of anilines is 1. The number of carbonyl (C=O) groups excluding carboxylic acids is 2. The Hall–Kier alpha value is -2.59. The Kier molecular flexibility index (Phi) is 9.80. The van der Waals surface area contributed by atoms with Crippen LogP contribution >= 0.6 is 0 Å². The number of aliphatic carboxylic acids is 1. The first-order valence-electron chi connectivity index (χ1n) is 9.77. The molecule has 0 spiro atoms. The number of nitrogens with zero attached hydrogens (tertiary/aromatic N) is 3. The number of amides is 1. The Morgan fingerprint density at radius 1 is 1.13 bits per heavy atom. The molecule has 1 aromatic carbocycles. The van der Waals surface area contributed by atoms with Crippen molar-refractivity contribution in [1.29, 1.82) is 0 Å². The van der Waals surface area contributed by atoms with Gasteiger partial charge in [-0.1, -0.05) is 20.8 Å². The fourth-order valence-electron chi connectivity index (χ4n) is 2.77. The number of carboxylic acid groups (broad SMARTS) is 1. The first-order chi connectivity index (χ1) is 14.1. The highest BCUT2D eigenvalue weighted by Gasteiger charge is 2.25. The molecule has 30 heavy (non-hydrogen) atoms. The average Bonchev–Trinajstić information content (AvgIpc) is 3.01. The van der Waals surface area contributed by atoms with Gasteiger partial charge in [-0.25, -0.2) is 13.4 Å². The number of sulfonamides is 1. The van der Waals surface area contributed by atoms with Crippen molar-refractivity contribution in [2.24, 2.45) is 5.10 Å². The summed E-state index contributed by atoms with van der Waals surface area (Å²) in [6, 6.07) is 6.24. The molecule has 0 aliphatic carbocycles. The maximum atomic E-state index is 12.4. The van der Waals surface area contributed by atoms with Crippen molar-refractivity contribution in [3.63, 3.8) is 0 Å². The Bertz CT molecular complexity index is 890. The van der Waals surface area contributed by atoms with Crippen LogP contribution in [0.5, 0.6) is 0 Å². The molecule has 10 heteroatoms. The molecular formula is C20H29N3O6S. The number of hydrogen-bond acceptors (Lipinski definition) is 6. The van der Waals surface area contributed by atoms with Crippen LogP contribution in [-0.2, 0) is 24.4 Å². The zero-order chi connectivity index (χ0) is 22.9. The quantitative estimate of drug-likeness (QED) is 0.590. The van der Waals surface area contributed by atoms with Crippen LogP contribution in [0.3, 0.4) is 0 Å². The van der Waals surface area contributed by atoms with Crippen molar-refractivity contribution in [3.05, 3.63) is 24.3 Å². The number of hydrogen-bond donors (Lipinski definition) is 1. The lowest BCUT2D eigenvalue weighted by atomic mass is 10.2. The van der Waals surface area contributed by atoms with E-state index >= 15 is 0 Å². The van der Waals surface area contributed by atoms with Gasteiger partial charge in [-0.15, -0.1) is 0 Å². The van der Waals surface area contributed by atoms with Crippen molar-refractivity contribution in [3.8, 4) is 0 Å². The summed E-state index contributed by atoms with van der Waals surface area (Å²) < 4.78 is 26.1. The predicted octanol–water partition coefficient (Wildman–Crippen LogP) is 2.66. The molecule has 0 fully saturated rings. The molecule has 0 unspecified atom stereocenters. The second-order valence-corrected chi connectivity index (χ2v) is 8.60. The van der Waals surface area contributed by atoms with Crippen molar-refractivity contribution >= 4 is 39.1 Å². The molecule has 1 amide bonds. The van der Waals surface area contributed by atoms with Crippen LogP contribution in [0.4, 0.5) is 5.69 Å². The van der Waals surface area contributed by atoms with Crippen LogP contribution in [0.25, 0.3) is 0 Å². The molecular weight excluding hydrogens is 410 g/mol. The smallest absolute Gasteiger partial charge is 0.310 e. The number of ketones is 1. The van der Waals surface area contributed by atoms with Gasteiger partial charge >= 0.3 is 5.97 Å². The molecule has 0 saturated carbocycles. The van der Waals surface area contributed by atoms with E-state index in [-0.39, 0.29) is 23.0 Å². The van der Waals surface area contributed by atoms with Gasteiger partial charge in [0, 0.05) is 25.2 Å². The molecule has 1 aliphatic rings. The summed E-state index contributed by atoms with van der Waals surface area (Å²) in [5.74, 6) is -1.33. The van der Waals surface area contributed by atoms with E-state index in [0.717, 1.165) is 12.1 Å². The zero-order valence-electron chi connectivity index (χ0n) is 17.8. The Labute approximate surface area is 177 Å². The minimum absolute atomic E-state index is 0.105. The summed E-state index contributed by atoms with van der Waals surface area (Å²) in [4.78, 5) is 32.3. The van der Waals surface area contributed by atoms with Gasteiger partial charge in [-0.2, -0.15) is 9.41 Å². The Morgan fingerprint density at radius 2 is 1.70 bits per heavy atom. The molecule has 2 rings (SSSR count). The monoisotopic (exact) mass is 439 g/mol. The van der Waals surface area contributed by atoms with E-state index in [0.29, 0.717) is 31.6 Å². The van der Waals surface area contributed by atoms with Gasteiger partial charge in [0.25, 0.3) is 5.91 Å². The number of carbonyl (C=O) groups is 3. The predicted molar refractivity (Wildman–Crippen MR) is 114 cm³/mol. The van der Waals surface area contributed by atoms with Gasteiger partial charge < -0.3 is 5.11 Å². The number of Topliss-reactive ketones (excluding diaryl/α,β-unsaturated/α-hetero) is 1. The van der Waals surface area contributed by atoms with Crippen molar-refractivity contribution < 1.29 is 27.9 Å². The standard InChI is InChI=1S/C14H19N3O3S.C6H10O3/c1-4-16(5-2)21(19,20)13-8-6-12(7-9-13)17-14(18)10-11(3)15-17;1-2-3-5(7)4-6(8)9/h6-9H,4-5,10H2,1-3H3;2-4H2,1H3,(H,8,9). The molecule has 166 valence electrons. The second kappa shape index (κ2) is 11.6. The van der Waals surface area contributed by atoms with E-state index in [9.17, 15) is 22.8 Å². The van der Waals surface area contributed by atoms with Crippen LogP contribution in [0.2, 0.25) is 0 Å². The molecule has 1 aromatic rings. The van der Waals surface area contributed by atoms with E-state index in [4.69, 9.17) is 5.11 Å². The minimum atomic E-state index is -3.47. The lowest BCUT2D eigenvalue weighted by Gasteiger charge is -2.19. The fraction of sp³-hybridized carbons (Fsp3) is 0.500. The summed E-state index contributed by atoms with van der Waals surface area (Å²) in [5, 5.41) is 13.5. The maximum absolute atomic E-state index is 12.4. The van der Waals surface area contributed by atoms with E-state index in [1.807, 2.05) is 6.92 Å². The molecule has 1 N–H and O–H groups in total. The summed E-state index contributed by atoms with van der Waals surface area (Å²) in [7, 11) is -3.47. The van der Waals surface area contributed by atoms with Gasteiger partial charge in [-0.05, 0) is 37.6 Å². The minimum Gasteiger partial charge on any atom is -0.481 e. The molecule has 0 aromatic heterocycles. The Morgan fingerprint density at radius 3 is 2.10 bits per heavy atom. The highest BCUT2D eigenvalue weighted by Crippen LogP contribution is 2.23. The second-order valence-electron chi connectivity index (χ2n) is 6.66. The van der Waals surface area contributed by atoms with Gasteiger partial charge in [0.1, 0.15) is 12.2 Å². The van der Waals surface area contributed by atoms with E-state index in [2.05, 4.69) is 5.10 Å². The summed E-state index contributed by atoms with van der Waals surface area (Å²) >= 11 is 0. The number of rotatable bonds is 9. The number of hydrazone groups is 1. The van der Waals surface area contributed by atoms with Gasteiger partial charge in [-0.3, -0.25) is 14.4 Å². The fourth-order valence-corrected chi connectivity index (χ4v) is 4.22. The van der Waals surface area contributed by atoms with Crippen LogP contribution in [0, 0.1) is 0 Å². The average molecular weight is 440 g/mol. The van der Waals surface area contributed by atoms with Crippen LogP contribution < -0.4 is 5.01 Å². The zero-order valence-corrected chi connectivity index (χ0v) is 18.6. The lowest BCUT2D eigenvalue weighted by molar-refractivity contribution is -0.140. The van der Waals surface area contributed by atoms with Crippen LogP contribution in [0.15, 0.2) is 34.3 Å². The van der Waals surface area contributed by atoms with E-state index in [1.54, 1.807) is 32.9 Å². The molecule has 1 aliphatic heterocycles. The third-order valence-electron chi connectivity index (χ3n) is 4.22. The maximum Gasteiger partial charge on any atom is 0.310 e. The summed E-state index contributed by atoms with van der Waals surface area (Å²) in [5.41, 5.74) is 1.33. The van der Waals surface area contributed by atoms with E-state index < -0.39 is 16.0 Å². The third kappa shape index (κ3) is 7.03. The SMILES string of the molecule is CCCC(=O)CC(=O)O.CCN(CC)S(=O)(=O)c1ccc(N2N=C(C)CC2=O)cc1. The molecule has 0 bridgehead atoms. The topological polar surface area (TPSA) is 124 Å². The lowest BCUT2D eigenvalue weighted by Crippen LogP contribution is -2.30. The third-order valence-corrected chi connectivity index (χ3v) is 6.28. The van der Waals surface area contributed by atoms with Gasteiger partial charge in [0.2, 0.25) is 10.0 Å². The summed E-state index contributed by atoms with van der Waals surface area (Å²) in [6.45, 7) is 8.09. The molecule has 9 nitrogen and oxygen atoms in total. The van der Waals surface area contributed by atoms with Crippen molar-refractivity contribution in [1.82, 2.24) is 4.31 Å². The highest BCUT2D eigenvalue weighted by molar-refractivity contribution is 7.89. The Balaban J connectivity index is 0.000000424. The van der Waals surface area contributed by atoms with E-state index in [1.165, 1.54) is 21.4 Å². The van der Waals surface area contributed by atoms with Crippen LogP contribution in [-0.4, -0.2) is 54.3 Å². The molecule has 0 atom stereocenters. The van der Waals surface area contributed by atoms with Crippen molar-refractivity contribution in [2.75, 3.05) is 18.1 Å².